The molecule has 1 heterocycles. The summed E-state index contributed by atoms with van der Waals surface area (Å²) in [5, 5.41) is 0.483. The molecular formula is C8H7N2O4P. The summed E-state index contributed by atoms with van der Waals surface area (Å²) < 4.78 is 4.55. The largest absolute Gasteiger partial charge is 0.337 e. The zero-order valence-corrected chi connectivity index (χ0v) is 8.35. The summed E-state index contributed by atoms with van der Waals surface area (Å²) in [5.41, 5.74) is 5.48. The first kappa shape index (κ1) is 10.2. The van der Waals surface area contributed by atoms with Crippen molar-refractivity contribution in [2.24, 2.45) is 5.50 Å². The normalized spacial score (nSPS) is 16.8. The van der Waals surface area contributed by atoms with Crippen LogP contribution >= 0.6 is 8.53 Å². The highest BCUT2D eigenvalue weighted by molar-refractivity contribution is 7.43. The van der Waals surface area contributed by atoms with Gasteiger partial charge in [0.1, 0.15) is 0 Å². The number of carbonyl (C=O) groups is 2. The number of nitrogens with two attached hydrogens (primary N) is 1. The molecule has 2 amide bonds. The molecule has 0 saturated heterocycles. The van der Waals surface area contributed by atoms with Gasteiger partial charge in [-0.2, -0.15) is 4.62 Å². The number of imide groups is 1. The van der Waals surface area contributed by atoms with Crippen LogP contribution < -0.4 is 5.50 Å². The van der Waals surface area contributed by atoms with Gasteiger partial charge in [0.05, 0.1) is 11.1 Å². The Hall–Kier alpha value is -1.33. The second kappa shape index (κ2) is 3.67. The molecular weight excluding hydrogens is 219 g/mol. The fraction of sp³-hybridized carbons (Fsp3) is 0. The van der Waals surface area contributed by atoms with E-state index in [2.05, 4.69) is 4.62 Å². The molecule has 1 unspecified atom stereocenters. The minimum Gasteiger partial charge on any atom is -0.337 e. The number of fused-ring (bicyclic) bond motifs is 1. The number of amides is 2. The van der Waals surface area contributed by atoms with Gasteiger partial charge in [-0.25, -0.2) is 0 Å². The molecule has 1 aromatic rings. The van der Waals surface area contributed by atoms with E-state index < -0.39 is 20.3 Å². The quantitative estimate of drug-likeness (QED) is 0.562. The van der Waals surface area contributed by atoms with Gasteiger partial charge in [-0.1, -0.05) is 12.1 Å². The number of carbonyl (C=O) groups excluding carboxylic acids is 2. The molecule has 0 fully saturated rings. The zero-order chi connectivity index (χ0) is 11.0. The summed E-state index contributed by atoms with van der Waals surface area (Å²) in [7, 11) is -2.28. The third-order valence-corrected chi connectivity index (χ3v) is 2.25. The molecule has 7 heteroatoms. The molecule has 0 bridgehead atoms. The summed E-state index contributed by atoms with van der Waals surface area (Å²) >= 11 is 0. The van der Waals surface area contributed by atoms with Crippen LogP contribution in [0, 0.1) is 0 Å². The Morgan fingerprint density at radius 1 is 1.20 bits per heavy atom. The van der Waals surface area contributed by atoms with E-state index in [-0.39, 0.29) is 11.1 Å². The zero-order valence-electron chi connectivity index (χ0n) is 7.45. The number of benzene rings is 1. The first-order valence-electron chi connectivity index (χ1n) is 4.01. The minimum absolute atomic E-state index is 0.249. The van der Waals surface area contributed by atoms with Gasteiger partial charge in [0, 0.05) is 0 Å². The molecule has 78 valence electrons. The highest BCUT2D eigenvalue weighted by Crippen LogP contribution is 2.30. The Balaban J connectivity index is 2.37. The van der Waals surface area contributed by atoms with E-state index in [0.29, 0.717) is 5.06 Å². The minimum atomic E-state index is -2.28. The SMILES string of the molecule is NP(O)ON1C(=O)c2ccccc2C1=O. The van der Waals surface area contributed by atoms with Crippen molar-refractivity contribution in [2.45, 2.75) is 0 Å². The fourth-order valence-corrected chi connectivity index (χ4v) is 1.64. The van der Waals surface area contributed by atoms with E-state index in [0.717, 1.165) is 0 Å². The summed E-state index contributed by atoms with van der Waals surface area (Å²) in [4.78, 5) is 31.9. The maximum absolute atomic E-state index is 11.6. The third-order valence-electron chi connectivity index (χ3n) is 1.92. The number of hydrogen-bond acceptors (Lipinski definition) is 5. The molecule has 1 aromatic carbocycles. The maximum Gasteiger partial charge on any atom is 0.286 e. The molecule has 15 heavy (non-hydrogen) atoms. The van der Waals surface area contributed by atoms with E-state index in [1.165, 1.54) is 12.1 Å². The second-order valence-corrected chi connectivity index (χ2v) is 3.60. The molecule has 0 saturated carbocycles. The van der Waals surface area contributed by atoms with Crippen LogP contribution in [0.25, 0.3) is 0 Å². The molecule has 0 radical (unpaired) electrons. The molecule has 0 aromatic heterocycles. The molecule has 0 spiro atoms. The molecule has 6 nitrogen and oxygen atoms in total. The monoisotopic (exact) mass is 226 g/mol. The summed E-state index contributed by atoms with van der Waals surface area (Å²) in [6.07, 6.45) is 0. The van der Waals surface area contributed by atoms with Crippen LogP contribution in [-0.2, 0) is 4.62 Å². The average Bonchev–Trinajstić information content (AvgIpc) is 2.44. The van der Waals surface area contributed by atoms with Crippen molar-refractivity contribution in [1.29, 1.82) is 0 Å². The van der Waals surface area contributed by atoms with Crippen molar-refractivity contribution in [3.63, 3.8) is 0 Å². The highest BCUT2D eigenvalue weighted by Gasteiger charge is 2.37. The van der Waals surface area contributed by atoms with Gasteiger partial charge < -0.3 is 4.89 Å². The van der Waals surface area contributed by atoms with Crippen molar-refractivity contribution >= 4 is 20.3 Å². The van der Waals surface area contributed by atoms with Crippen molar-refractivity contribution in [3.8, 4) is 0 Å². The summed E-state index contributed by atoms with van der Waals surface area (Å²) in [6.45, 7) is 0. The predicted molar refractivity (Wildman–Crippen MR) is 51.4 cm³/mol. The van der Waals surface area contributed by atoms with Crippen LogP contribution in [0.2, 0.25) is 0 Å². The molecule has 1 aliphatic rings. The van der Waals surface area contributed by atoms with E-state index >= 15 is 0 Å². The molecule has 2 rings (SSSR count). The fourth-order valence-electron chi connectivity index (χ4n) is 1.32. The van der Waals surface area contributed by atoms with Crippen molar-refractivity contribution in [1.82, 2.24) is 5.06 Å². The van der Waals surface area contributed by atoms with Gasteiger partial charge in [-0.15, -0.1) is 5.06 Å². The van der Waals surface area contributed by atoms with E-state index in [9.17, 15) is 9.59 Å². The standard InChI is InChI=1S/C8H7N2O4P/c9-15(13)14-10-7(11)5-3-1-2-4-6(5)8(10)12/h1-4,13H,9H2. The number of rotatable bonds is 2. The summed E-state index contributed by atoms with van der Waals surface area (Å²) in [6, 6.07) is 6.29. The van der Waals surface area contributed by atoms with Crippen molar-refractivity contribution in [2.75, 3.05) is 0 Å². The lowest BCUT2D eigenvalue weighted by atomic mass is 10.1. The van der Waals surface area contributed by atoms with E-state index in [4.69, 9.17) is 10.4 Å². The highest BCUT2D eigenvalue weighted by atomic mass is 31.2. The lowest BCUT2D eigenvalue weighted by Crippen LogP contribution is -2.28. The number of hydroxylamine groups is 2. The Morgan fingerprint density at radius 2 is 1.67 bits per heavy atom. The van der Waals surface area contributed by atoms with Gasteiger partial charge in [-0.3, -0.25) is 15.1 Å². The Kier molecular flexibility index (Phi) is 2.50. The van der Waals surface area contributed by atoms with Gasteiger partial charge in [0.15, 0.2) is 0 Å². The first-order chi connectivity index (χ1) is 7.11. The lowest BCUT2D eigenvalue weighted by molar-refractivity contribution is -0.0131. The van der Waals surface area contributed by atoms with Crippen LogP contribution in [0.1, 0.15) is 20.7 Å². The van der Waals surface area contributed by atoms with Crippen LogP contribution in [-0.4, -0.2) is 21.8 Å². The molecule has 3 N–H and O–H groups in total. The van der Waals surface area contributed by atoms with Gasteiger partial charge in [0.2, 0.25) is 0 Å². The number of hydrogen-bond donors (Lipinski definition) is 2. The smallest absolute Gasteiger partial charge is 0.286 e. The van der Waals surface area contributed by atoms with Gasteiger partial charge in [-0.05, 0) is 12.1 Å². The Labute approximate surface area is 86.2 Å². The van der Waals surface area contributed by atoms with Crippen molar-refractivity contribution < 1.29 is 19.1 Å². The second-order valence-electron chi connectivity index (χ2n) is 2.83. The summed E-state index contributed by atoms with van der Waals surface area (Å²) in [5.74, 6) is -1.22. The average molecular weight is 226 g/mol. The predicted octanol–water partition coefficient (Wildman–Crippen LogP) is 0.392. The topological polar surface area (TPSA) is 92.9 Å². The maximum atomic E-state index is 11.6. The number of nitrogens with zero attached hydrogens (tertiary/aromatic N) is 1. The Morgan fingerprint density at radius 3 is 2.07 bits per heavy atom. The van der Waals surface area contributed by atoms with Crippen LogP contribution in [0.15, 0.2) is 24.3 Å². The third kappa shape index (κ3) is 1.64. The first-order valence-corrected chi connectivity index (χ1v) is 5.29. The van der Waals surface area contributed by atoms with Gasteiger partial charge >= 0.3 is 0 Å². The van der Waals surface area contributed by atoms with Crippen LogP contribution in [0.3, 0.4) is 0 Å². The van der Waals surface area contributed by atoms with E-state index in [1.54, 1.807) is 12.1 Å². The molecule has 0 aliphatic carbocycles. The Bertz CT molecular complexity index is 399. The van der Waals surface area contributed by atoms with Crippen LogP contribution in [0.4, 0.5) is 0 Å². The van der Waals surface area contributed by atoms with Crippen LogP contribution in [0.5, 0.6) is 0 Å². The lowest BCUT2D eigenvalue weighted by Gasteiger charge is -2.13. The molecule has 1 atom stereocenters. The van der Waals surface area contributed by atoms with E-state index in [1.807, 2.05) is 0 Å². The van der Waals surface area contributed by atoms with Crippen molar-refractivity contribution in [3.05, 3.63) is 35.4 Å². The van der Waals surface area contributed by atoms with Gasteiger partial charge in [0.25, 0.3) is 20.3 Å². The molecule has 1 aliphatic heterocycles.